The third-order valence-electron chi connectivity index (χ3n) is 5.37. The Morgan fingerprint density at radius 1 is 1.00 bits per heavy atom. The SMILES string of the molecule is CC(C)C(=O)OC[C@@H]1OC(n2c(Br)nc3c(=O)[nH]c(N)nc32)[C@@H](OC(=O)C(C)C)[C@@H]1OC(=O)C(C)C. The Kier molecular flexibility index (Phi) is 8.39. The number of esters is 3. The maximum atomic E-state index is 12.7. The van der Waals surface area contributed by atoms with Crippen LogP contribution in [0, 0.1) is 17.8 Å². The molecule has 1 aliphatic heterocycles. The summed E-state index contributed by atoms with van der Waals surface area (Å²) in [5.74, 6) is -3.20. The Hall–Kier alpha value is -3.00. The van der Waals surface area contributed by atoms with E-state index in [1.54, 1.807) is 41.5 Å². The number of H-pyrrole nitrogens is 1. The van der Waals surface area contributed by atoms with Crippen molar-refractivity contribution in [1.82, 2.24) is 19.5 Å². The number of fused-ring (bicyclic) bond motifs is 1. The van der Waals surface area contributed by atoms with Gasteiger partial charge in [-0.3, -0.25) is 28.7 Å². The minimum atomic E-state index is -1.19. The molecule has 3 heterocycles. The number of carbonyl (C=O) groups excluding carboxylic acids is 3. The number of halogens is 1. The van der Waals surface area contributed by atoms with Gasteiger partial charge in [0.1, 0.15) is 12.7 Å². The van der Waals surface area contributed by atoms with Crippen molar-refractivity contribution >= 4 is 51.0 Å². The number of hydrogen-bond acceptors (Lipinski definition) is 11. The summed E-state index contributed by atoms with van der Waals surface area (Å²) in [6.07, 6.45) is -4.50. The number of nitrogens with zero attached hydrogens (tertiary/aromatic N) is 3. The summed E-state index contributed by atoms with van der Waals surface area (Å²) in [5.41, 5.74) is 5.16. The molecule has 2 aromatic rings. The van der Waals surface area contributed by atoms with Crippen LogP contribution in [0.4, 0.5) is 5.95 Å². The highest BCUT2D eigenvalue weighted by Gasteiger charge is 2.52. The number of rotatable bonds is 8. The normalized spacial score (nSPS) is 21.9. The van der Waals surface area contributed by atoms with Gasteiger partial charge in [-0.05, 0) is 15.9 Å². The van der Waals surface area contributed by atoms with E-state index < -0.39 is 65.8 Å². The van der Waals surface area contributed by atoms with Gasteiger partial charge in [-0.1, -0.05) is 41.5 Å². The van der Waals surface area contributed by atoms with E-state index >= 15 is 0 Å². The minimum Gasteiger partial charge on any atom is -0.463 e. The lowest BCUT2D eigenvalue weighted by atomic mass is 10.1. The van der Waals surface area contributed by atoms with Crippen LogP contribution in [0.2, 0.25) is 0 Å². The molecule has 2 aromatic heterocycles. The van der Waals surface area contributed by atoms with Gasteiger partial charge >= 0.3 is 17.9 Å². The molecule has 0 aromatic carbocycles. The van der Waals surface area contributed by atoms with E-state index in [9.17, 15) is 19.2 Å². The molecule has 14 heteroatoms. The molecule has 1 fully saturated rings. The van der Waals surface area contributed by atoms with Crippen LogP contribution in [0.15, 0.2) is 9.53 Å². The van der Waals surface area contributed by atoms with Gasteiger partial charge in [0, 0.05) is 0 Å². The molecule has 1 aliphatic rings. The topological polar surface area (TPSA) is 178 Å². The second-order valence-electron chi connectivity index (χ2n) is 9.34. The van der Waals surface area contributed by atoms with Crippen LogP contribution in [-0.4, -0.2) is 62.3 Å². The van der Waals surface area contributed by atoms with Crippen LogP contribution >= 0.6 is 15.9 Å². The summed E-state index contributed by atoms with van der Waals surface area (Å²) in [6.45, 7) is 9.66. The summed E-state index contributed by atoms with van der Waals surface area (Å²) in [6, 6.07) is 0. The van der Waals surface area contributed by atoms with E-state index in [1.807, 2.05) is 0 Å². The summed E-state index contributed by atoms with van der Waals surface area (Å²) in [4.78, 5) is 60.5. The van der Waals surface area contributed by atoms with Gasteiger partial charge in [0.25, 0.3) is 5.56 Å². The Morgan fingerprint density at radius 2 is 1.56 bits per heavy atom. The zero-order valence-electron chi connectivity index (χ0n) is 20.8. The quantitative estimate of drug-likeness (QED) is 0.267. The molecule has 4 atom stereocenters. The number of aromatic nitrogens is 4. The number of carbonyl (C=O) groups is 3. The van der Waals surface area contributed by atoms with Crippen LogP contribution in [-0.2, 0) is 33.3 Å². The second-order valence-corrected chi connectivity index (χ2v) is 10.0. The average Bonchev–Trinajstić information content (AvgIpc) is 3.28. The number of aromatic amines is 1. The highest BCUT2D eigenvalue weighted by molar-refractivity contribution is 9.10. The molecule has 198 valence electrons. The fourth-order valence-corrected chi connectivity index (χ4v) is 3.94. The van der Waals surface area contributed by atoms with Crippen molar-refractivity contribution < 1.29 is 33.3 Å². The predicted molar refractivity (Wildman–Crippen MR) is 129 cm³/mol. The van der Waals surface area contributed by atoms with Crippen molar-refractivity contribution in [2.24, 2.45) is 17.8 Å². The summed E-state index contributed by atoms with van der Waals surface area (Å²) < 4.78 is 24.5. The molecule has 0 radical (unpaired) electrons. The number of nitrogens with two attached hydrogens (primary N) is 1. The number of nitrogens with one attached hydrogen (secondary N) is 1. The van der Waals surface area contributed by atoms with Crippen molar-refractivity contribution in [1.29, 1.82) is 0 Å². The van der Waals surface area contributed by atoms with E-state index in [-0.39, 0.29) is 28.5 Å². The number of nitrogen functional groups attached to an aromatic ring is 1. The number of hydrogen-bond donors (Lipinski definition) is 2. The van der Waals surface area contributed by atoms with Crippen LogP contribution in [0.25, 0.3) is 11.2 Å². The van der Waals surface area contributed by atoms with Gasteiger partial charge in [-0.2, -0.15) is 4.98 Å². The van der Waals surface area contributed by atoms with Crippen LogP contribution in [0.1, 0.15) is 47.8 Å². The summed E-state index contributed by atoms with van der Waals surface area (Å²) >= 11 is 3.30. The molecule has 1 unspecified atom stereocenters. The molecule has 13 nitrogen and oxygen atoms in total. The van der Waals surface area contributed by atoms with E-state index in [0.717, 1.165) is 0 Å². The van der Waals surface area contributed by atoms with Gasteiger partial charge in [-0.15, -0.1) is 0 Å². The Morgan fingerprint density at radius 3 is 2.11 bits per heavy atom. The summed E-state index contributed by atoms with van der Waals surface area (Å²) in [5, 5.41) is 0. The lowest BCUT2D eigenvalue weighted by molar-refractivity contribution is -0.173. The molecule has 0 aliphatic carbocycles. The first kappa shape index (κ1) is 27.6. The fourth-order valence-electron chi connectivity index (χ4n) is 3.39. The molecular formula is C22H30BrN5O8. The molecular weight excluding hydrogens is 542 g/mol. The first-order chi connectivity index (χ1) is 16.8. The molecule has 0 bridgehead atoms. The van der Waals surface area contributed by atoms with Gasteiger partial charge in [0.05, 0.1) is 17.8 Å². The molecule has 3 rings (SSSR count). The lowest BCUT2D eigenvalue weighted by Gasteiger charge is -2.26. The predicted octanol–water partition coefficient (Wildman–Crippen LogP) is 1.70. The first-order valence-electron chi connectivity index (χ1n) is 11.5. The highest BCUT2D eigenvalue weighted by Crippen LogP contribution is 2.38. The molecule has 0 saturated carbocycles. The molecule has 0 spiro atoms. The first-order valence-corrected chi connectivity index (χ1v) is 12.3. The van der Waals surface area contributed by atoms with Crippen LogP contribution < -0.4 is 11.3 Å². The molecule has 0 amide bonds. The zero-order valence-corrected chi connectivity index (χ0v) is 22.4. The number of anilines is 1. The summed E-state index contributed by atoms with van der Waals surface area (Å²) in [7, 11) is 0. The van der Waals surface area contributed by atoms with Gasteiger partial charge in [-0.25, -0.2) is 4.98 Å². The van der Waals surface area contributed by atoms with E-state index in [0.29, 0.717) is 0 Å². The van der Waals surface area contributed by atoms with E-state index in [4.69, 9.17) is 24.7 Å². The van der Waals surface area contributed by atoms with Crippen LogP contribution in [0.5, 0.6) is 0 Å². The smallest absolute Gasteiger partial charge is 0.308 e. The molecule has 3 N–H and O–H groups in total. The Labute approximate surface area is 215 Å². The average molecular weight is 572 g/mol. The van der Waals surface area contributed by atoms with Crippen molar-refractivity contribution in [3.8, 4) is 0 Å². The number of imidazole rings is 1. The van der Waals surface area contributed by atoms with Gasteiger partial charge < -0.3 is 24.7 Å². The maximum absolute atomic E-state index is 12.7. The lowest BCUT2D eigenvalue weighted by Crippen LogP contribution is -2.42. The second kappa shape index (κ2) is 10.9. The maximum Gasteiger partial charge on any atom is 0.308 e. The van der Waals surface area contributed by atoms with Crippen molar-refractivity contribution in [2.75, 3.05) is 12.3 Å². The largest absolute Gasteiger partial charge is 0.463 e. The van der Waals surface area contributed by atoms with Crippen molar-refractivity contribution in [3.63, 3.8) is 0 Å². The highest BCUT2D eigenvalue weighted by atomic mass is 79.9. The van der Waals surface area contributed by atoms with E-state index in [2.05, 4.69) is 30.9 Å². The monoisotopic (exact) mass is 571 g/mol. The minimum absolute atomic E-state index is 0.0426. The van der Waals surface area contributed by atoms with Crippen molar-refractivity contribution in [3.05, 3.63) is 15.1 Å². The third kappa shape index (κ3) is 5.69. The molecule has 1 saturated heterocycles. The Bertz CT molecular complexity index is 1210. The molecule has 36 heavy (non-hydrogen) atoms. The Balaban J connectivity index is 2.11. The fraction of sp³-hybridized carbons (Fsp3) is 0.636. The van der Waals surface area contributed by atoms with E-state index in [1.165, 1.54) is 4.57 Å². The standard InChI is InChI=1S/C22H30BrN5O8/c1-8(2)18(30)33-7-11-13(35-19(31)9(3)4)14(36-20(32)10(5)6)17(34-11)28-15-12(25-21(28)23)16(29)27-22(24)26-15/h8-11,13-14,17H,7H2,1-6H3,(H3,24,26,27,29)/t11-,13+,14-,17?/m0/s1. The van der Waals surface area contributed by atoms with Crippen LogP contribution in [0.3, 0.4) is 0 Å². The number of ether oxygens (including phenoxy) is 4. The van der Waals surface area contributed by atoms with Gasteiger partial charge in [0.15, 0.2) is 34.3 Å². The van der Waals surface area contributed by atoms with Crippen molar-refractivity contribution in [2.45, 2.75) is 66.1 Å². The van der Waals surface area contributed by atoms with Gasteiger partial charge in [0.2, 0.25) is 5.95 Å². The zero-order chi connectivity index (χ0) is 26.9. The third-order valence-corrected chi connectivity index (χ3v) is 5.93.